The summed E-state index contributed by atoms with van der Waals surface area (Å²) in [4.78, 5) is 101. The van der Waals surface area contributed by atoms with E-state index in [0.29, 0.717) is 169 Å². The topological polar surface area (TPSA) is 208 Å². The molecule has 3 amide bonds. The summed E-state index contributed by atoms with van der Waals surface area (Å²) in [6.07, 6.45) is 6.25. The summed E-state index contributed by atoms with van der Waals surface area (Å²) >= 11 is 19.4. The number of carbonyl (C=O) groups is 3. The van der Waals surface area contributed by atoms with Gasteiger partial charge in [0.05, 0.1) is 51.8 Å². The summed E-state index contributed by atoms with van der Waals surface area (Å²) in [6, 6.07) is 27.3. The Bertz CT molecular complexity index is 6200. The molecule has 3 aromatic heterocycles. The lowest BCUT2D eigenvalue weighted by Crippen LogP contribution is -2.57. The predicted molar refractivity (Wildman–Crippen MR) is 506 cm³/mol. The van der Waals surface area contributed by atoms with Gasteiger partial charge in [0, 0.05) is 172 Å². The number of rotatable bonds is 23. The molecule has 700 valence electrons. The van der Waals surface area contributed by atoms with Crippen molar-refractivity contribution in [2.24, 2.45) is 5.92 Å². The average Bonchev–Trinajstić information content (AvgIpc) is 0.773. The minimum Gasteiger partial charge on any atom is -0.462 e. The second-order valence-electron chi connectivity index (χ2n) is 35.8. The molecule has 0 aliphatic carbocycles. The molecular weight excluding hydrogens is 1790 g/mol. The second-order valence-corrected chi connectivity index (χ2v) is 37.0. The van der Waals surface area contributed by atoms with Crippen LogP contribution in [0.3, 0.4) is 0 Å². The summed E-state index contributed by atoms with van der Waals surface area (Å²) < 4.78 is 104. The summed E-state index contributed by atoms with van der Waals surface area (Å²) in [5.74, 6) is -4.00. The van der Waals surface area contributed by atoms with E-state index in [-0.39, 0.29) is 78.4 Å². The van der Waals surface area contributed by atoms with E-state index < -0.39 is 70.8 Å². The summed E-state index contributed by atoms with van der Waals surface area (Å²) in [6.45, 7) is 51.1. The van der Waals surface area contributed by atoms with Crippen LogP contribution in [0.15, 0.2) is 128 Å². The summed E-state index contributed by atoms with van der Waals surface area (Å²) in [7, 11) is 0. The number of hydrogen-bond donors (Lipinski definition) is 0. The van der Waals surface area contributed by atoms with Crippen LogP contribution >= 0.6 is 34.8 Å². The highest BCUT2D eigenvalue weighted by Gasteiger charge is 2.44. The molecule has 7 fully saturated rings. The summed E-state index contributed by atoms with van der Waals surface area (Å²) in [5.41, 5.74) is 7.74. The molecule has 9 aromatic rings. The first kappa shape index (κ1) is 93.8. The van der Waals surface area contributed by atoms with E-state index >= 15 is 0 Å². The van der Waals surface area contributed by atoms with E-state index in [2.05, 4.69) is 99.1 Å². The lowest BCUT2D eigenvalue weighted by molar-refractivity contribution is -0.131. The van der Waals surface area contributed by atoms with E-state index in [1.165, 1.54) is 39.3 Å². The monoisotopic (exact) mass is 1890 g/mol. The van der Waals surface area contributed by atoms with Gasteiger partial charge in [-0.25, -0.2) is 46.1 Å². The van der Waals surface area contributed by atoms with Crippen molar-refractivity contribution >= 4 is 119 Å². The smallest absolute Gasteiger partial charge is 0.318 e. The zero-order valence-electron chi connectivity index (χ0n) is 75.0. The second kappa shape index (κ2) is 40.6. The SMILES string of the molecule is [C-]#[N+]C[C@H]1CN(c2nc(OCC3CCN3C(C)C)nc3c2CCN(c2cccc4ccc(F)c(Cl)c24)C3)CCN1C(=O)C(=C)F.[C-]#[N+]C[C@H]1CN(c2nc(OCC3CCN3CC)nc3c2CCN(c2cccc4ccc(F)c(Cl)c24)C3)CCN1C(=O)C(=C)F.[C-]#[N+]C[C@H]1CN(c2nc(OC[C@@H]3CC4CCN3C4)nc3c2CCN(c2cccc4ccc(F)c(Cl)c24)C3)CCN1C(=O)C(=C)F. The third-order valence-electron chi connectivity index (χ3n) is 27.7. The number of likely N-dealkylation sites (N-methyl/N-ethyl adjacent to an activating group) is 1. The van der Waals surface area contributed by atoms with E-state index in [9.17, 15) is 40.7 Å². The number of anilines is 6. The van der Waals surface area contributed by atoms with Crippen LogP contribution in [-0.4, -0.2) is 270 Å². The van der Waals surface area contributed by atoms with Gasteiger partial charge in [0.1, 0.15) is 72.9 Å². The van der Waals surface area contributed by atoms with Gasteiger partial charge in [-0.1, -0.05) is 116 Å². The fraction of sp³-hybridized carbons (Fsp3) is 0.449. The summed E-state index contributed by atoms with van der Waals surface area (Å²) in [5, 5.41) is 4.80. The molecule has 19 rings (SSSR count). The predicted octanol–water partition coefficient (Wildman–Crippen LogP) is 15.0. The molecule has 0 radical (unpaired) electrons. The molecular formula is C98H104Cl3F6N21O6. The van der Waals surface area contributed by atoms with Crippen molar-refractivity contribution in [2.75, 3.05) is 180 Å². The minimum absolute atomic E-state index is 0.0328. The fourth-order valence-corrected chi connectivity index (χ4v) is 21.5. The molecule has 0 saturated carbocycles. The number of carbonyl (C=O) groups excluding carboxylic acids is 3. The first-order valence-electron chi connectivity index (χ1n) is 45.6. The number of nitrogens with zero attached hydrogens (tertiary/aromatic N) is 21. The van der Waals surface area contributed by atoms with Gasteiger partial charge in [-0.3, -0.25) is 29.1 Å². The average molecular weight is 1890 g/mol. The zero-order valence-corrected chi connectivity index (χ0v) is 77.2. The molecule has 10 aliphatic rings. The van der Waals surface area contributed by atoms with Gasteiger partial charge < -0.3 is 72.8 Å². The molecule has 8 atom stereocenters. The van der Waals surface area contributed by atoms with Crippen molar-refractivity contribution in [1.29, 1.82) is 0 Å². The first-order valence-corrected chi connectivity index (χ1v) is 46.8. The van der Waals surface area contributed by atoms with Gasteiger partial charge in [-0.15, -0.1) is 0 Å². The molecule has 134 heavy (non-hydrogen) atoms. The quantitative estimate of drug-likeness (QED) is 0.0331. The Balaban J connectivity index is 0.000000140. The zero-order chi connectivity index (χ0) is 94.0. The normalized spacial score (nSPS) is 21.5. The number of halogens is 9. The van der Waals surface area contributed by atoms with Crippen LogP contribution in [0.4, 0.5) is 60.9 Å². The molecule has 10 aliphatic heterocycles. The van der Waals surface area contributed by atoms with E-state index in [1.54, 1.807) is 18.2 Å². The Morgan fingerprint density at radius 2 is 0.791 bits per heavy atom. The molecule has 4 unspecified atom stereocenters. The number of likely N-dealkylation sites (tertiary alicyclic amines) is 2. The van der Waals surface area contributed by atoms with Crippen molar-refractivity contribution in [3.05, 3.63) is 229 Å². The molecule has 36 heteroatoms. The number of piperidine rings is 1. The Labute approximate surface area is 789 Å². The maximum atomic E-state index is 14.6. The number of aromatic nitrogens is 6. The number of ether oxygens (including phenoxy) is 3. The number of piperazine rings is 3. The third-order valence-corrected chi connectivity index (χ3v) is 28.8. The number of hydrogen-bond acceptors (Lipinski definition) is 21. The number of amides is 3. The van der Waals surface area contributed by atoms with Crippen LogP contribution in [-0.2, 0) is 53.3 Å². The largest absolute Gasteiger partial charge is 0.462 e. The maximum Gasteiger partial charge on any atom is 0.318 e. The van der Waals surface area contributed by atoms with Crippen LogP contribution in [0.1, 0.15) is 80.2 Å². The fourth-order valence-electron chi connectivity index (χ4n) is 20.6. The van der Waals surface area contributed by atoms with Gasteiger partial charge in [0.15, 0.2) is 17.5 Å². The number of fused-ring (bicyclic) bond motifs is 8. The van der Waals surface area contributed by atoms with Crippen LogP contribution in [0.2, 0.25) is 15.1 Å². The van der Waals surface area contributed by atoms with Crippen molar-refractivity contribution in [1.82, 2.24) is 59.3 Å². The van der Waals surface area contributed by atoms with E-state index in [4.69, 9.17) is 98.6 Å². The lowest BCUT2D eigenvalue weighted by atomic mass is 10.0. The van der Waals surface area contributed by atoms with Gasteiger partial charge in [0.2, 0.25) is 19.6 Å². The van der Waals surface area contributed by atoms with Crippen molar-refractivity contribution in [2.45, 2.75) is 128 Å². The van der Waals surface area contributed by atoms with Crippen molar-refractivity contribution in [3.63, 3.8) is 0 Å². The molecule has 13 heterocycles. The van der Waals surface area contributed by atoms with Crippen molar-refractivity contribution < 1.29 is 54.9 Å². The highest BCUT2D eigenvalue weighted by atomic mass is 35.5. The molecule has 27 nitrogen and oxygen atoms in total. The first-order chi connectivity index (χ1) is 64.7. The van der Waals surface area contributed by atoms with Gasteiger partial charge in [-0.05, 0) is 130 Å². The molecule has 0 spiro atoms. The Kier molecular flexibility index (Phi) is 28.4. The van der Waals surface area contributed by atoms with Crippen molar-refractivity contribution in [3.8, 4) is 18.0 Å². The molecule has 2 bridgehead atoms. The third kappa shape index (κ3) is 19.4. The van der Waals surface area contributed by atoms with E-state index in [1.807, 2.05) is 54.6 Å². The van der Waals surface area contributed by atoms with Gasteiger partial charge >= 0.3 is 18.0 Å². The Morgan fingerprint density at radius 3 is 1.09 bits per heavy atom. The minimum atomic E-state index is -1.03. The Morgan fingerprint density at radius 1 is 0.433 bits per heavy atom. The van der Waals surface area contributed by atoms with Crippen LogP contribution in [0, 0.1) is 43.1 Å². The van der Waals surface area contributed by atoms with Crippen LogP contribution in [0.25, 0.3) is 46.9 Å². The molecule has 0 N–H and O–H groups in total. The highest BCUT2D eigenvalue weighted by molar-refractivity contribution is 6.38. The molecule has 6 aromatic carbocycles. The highest BCUT2D eigenvalue weighted by Crippen LogP contribution is 2.45. The standard InChI is InChI=1S/C33H34ClF2N7O2.C33H36ClF2N7O2.C32H34ClF2N7O2/c1-20(35)32(44)43-13-12-42(17-24(43)15-37-2)31-25-9-11-41(28-5-3-4-22-6-7-26(36)30(34)29(22)28)18-27(25)38-33(39-31)45-19-23-14-21-8-10-40(23)16-21;1-20(2)42-13-10-23(42)19-45-33-38-27-18-40(28-7-5-6-22-8-9-26(36)30(34)29(22)28)12-11-25(27)31(39-33)41-14-15-43(32(44)21(3)35)24(17-41)16-37-4;1-4-39-12-10-22(39)19-44-32-37-26-18-40(27-7-5-6-21-8-9-25(35)29(33)28(21)27)13-11-24(26)30(38-32)41-14-15-42(31(43)20(2)34)23(17-41)16-36-3/h3-7,21,23-24H,1,8-19H2;5-9,20,23-24H,3,10-19H2,1-2H3;5-9,22-23H,2,4,10-19H2,1H3/t21?,23-,24-;23?,24-;22?,23-/m000/s1. The Hall–Kier alpha value is -12.0. The van der Waals surface area contributed by atoms with Gasteiger partial charge in [0.25, 0.3) is 17.7 Å². The van der Waals surface area contributed by atoms with Crippen LogP contribution in [0.5, 0.6) is 18.0 Å². The maximum absolute atomic E-state index is 14.6. The van der Waals surface area contributed by atoms with Crippen LogP contribution < -0.4 is 43.6 Å². The lowest BCUT2D eigenvalue weighted by Gasteiger charge is -2.43. The molecule has 7 saturated heterocycles. The van der Waals surface area contributed by atoms with E-state index in [0.717, 1.165) is 125 Å². The number of benzene rings is 6. The van der Waals surface area contributed by atoms with Gasteiger partial charge in [-0.2, -0.15) is 29.9 Å².